The summed E-state index contributed by atoms with van der Waals surface area (Å²) in [6, 6.07) is 8.92. The topological polar surface area (TPSA) is 162 Å². The van der Waals surface area contributed by atoms with E-state index in [1.165, 1.54) is 6.20 Å². The molecule has 5 N–H and O–H groups in total. The number of pyridine rings is 2. The van der Waals surface area contributed by atoms with Gasteiger partial charge in [0.25, 0.3) is 0 Å². The van der Waals surface area contributed by atoms with Crippen molar-refractivity contribution in [2.45, 2.75) is 58.8 Å². The molecular formula is C27H37N9O3. The van der Waals surface area contributed by atoms with Crippen LogP contribution >= 0.6 is 0 Å². The van der Waals surface area contributed by atoms with Crippen LogP contribution in [0.5, 0.6) is 0 Å². The Morgan fingerprint density at radius 2 is 1.56 bits per heavy atom. The van der Waals surface area contributed by atoms with Crippen LogP contribution in [0.1, 0.15) is 70.2 Å². The third kappa shape index (κ3) is 9.80. The molecule has 0 bridgehead atoms. The van der Waals surface area contributed by atoms with E-state index in [9.17, 15) is 14.4 Å². The van der Waals surface area contributed by atoms with Gasteiger partial charge in [-0.3, -0.25) is 35.2 Å². The number of hydrogen-bond donors (Lipinski definition) is 5. The molecule has 0 radical (unpaired) electrons. The number of hydrogen-bond acceptors (Lipinski definition) is 9. The van der Waals surface area contributed by atoms with E-state index in [1.54, 1.807) is 18.3 Å². The summed E-state index contributed by atoms with van der Waals surface area (Å²) in [7, 11) is 0. The van der Waals surface area contributed by atoms with E-state index in [0.717, 1.165) is 25.7 Å². The lowest BCUT2D eigenvalue weighted by atomic mass is 9.98. The Morgan fingerprint density at radius 3 is 2.18 bits per heavy atom. The van der Waals surface area contributed by atoms with E-state index < -0.39 is 0 Å². The summed E-state index contributed by atoms with van der Waals surface area (Å²) < 4.78 is 0. The summed E-state index contributed by atoms with van der Waals surface area (Å²) in [5, 5.41) is 16.7. The van der Waals surface area contributed by atoms with E-state index in [4.69, 9.17) is 0 Å². The van der Waals surface area contributed by atoms with Gasteiger partial charge in [0.15, 0.2) is 11.7 Å². The van der Waals surface area contributed by atoms with Gasteiger partial charge in [0.05, 0.1) is 11.9 Å². The molecule has 3 rings (SSSR count). The summed E-state index contributed by atoms with van der Waals surface area (Å²) in [5.41, 5.74) is 7.62. The van der Waals surface area contributed by atoms with Gasteiger partial charge >= 0.3 is 0 Å². The number of rotatable bonds is 15. The first-order valence-corrected chi connectivity index (χ1v) is 13.4. The highest BCUT2D eigenvalue weighted by Gasteiger charge is 2.16. The molecule has 0 saturated heterocycles. The number of carbonyl (C=O) groups excluding carboxylic acids is 3. The third-order valence-corrected chi connectivity index (χ3v) is 6.07. The van der Waals surface area contributed by atoms with E-state index in [1.807, 2.05) is 25.1 Å². The van der Waals surface area contributed by atoms with E-state index in [0.29, 0.717) is 48.3 Å². The maximum atomic E-state index is 12.3. The third-order valence-electron chi connectivity index (χ3n) is 6.07. The molecule has 0 fully saturated rings. The van der Waals surface area contributed by atoms with Gasteiger partial charge < -0.3 is 16.0 Å². The highest BCUT2D eigenvalue weighted by Crippen LogP contribution is 2.12. The fourth-order valence-corrected chi connectivity index (χ4v) is 3.83. The molecule has 0 aliphatic carbocycles. The zero-order chi connectivity index (χ0) is 27.9. The van der Waals surface area contributed by atoms with Crippen LogP contribution < -0.4 is 26.8 Å². The van der Waals surface area contributed by atoms with Gasteiger partial charge in [-0.1, -0.05) is 32.8 Å². The molecule has 1 atom stereocenters. The Hall–Kier alpha value is -4.35. The average molecular weight is 536 g/mol. The molecule has 12 nitrogen and oxygen atoms in total. The van der Waals surface area contributed by atoms with Crippen molar-refractivity contribution in [3.8, 4) is 0 Å². The number of anilines is 1. The standard InChI is InChI=1S/C27H37N9O3/c1-3-5-9-19(4-2)27(39)30-17-16-29-23(37)11-8-12-24(38)32-20-13-14-22(31-18-20)26-35-33-25(34-36-26)21-10-6-7-15-28-21/h6-7,10,13-15,18-19H,3-5,8-9,11-12,16-17H2,1-2H3,(H,29,37)(H,30,39)(H,32,38)(H,33,34)(H,35,36)/t19-/m1/s1. The summed E-state index contributed by atoms with van der Waals surface area (Å²) in [5.74, 6) is 0.639. The van der Waals surface area contributed by atoms with E-state index in [2.05, 4.69) is 53.9 Å². The summed E-state index contributed by atoms with van der Waals surface area (Å²) >= 11 is 0. The Morgan fingerprint density at radius 1 is 0.846 bits per heavy atom. The number of nitrogens with one attached hydrogen (secondary N) is 5. The molecule has 1 aliphatic heterocycles. The van der Waals surface area contributed by atoms with Crippen LogP contribution in [-0.2, 0) is 14.4 Å². The minimum Gasteiger partial charge on any atom is -0.354 e. The van der Waals surface area contributed by atoms with Crippen molar-refractivity contribution in [1.82, 2.24) is 31.5 Å². The highest BCUT2D eigenvalue weighted by molar-refractivity contribution is 6.04. The van der Waals surface area contributed by atoms with Crippen LogP contribution in [-0.4, -0.2) is 52.5 Å². The SMILES string of the molecule is CCCC[C@@H](CC)C(=O)NCCNC(=O)CCCC(=O)Nc1ccc(C2=NN=C(c3ccccn3)NN2)nc1. The lowest BCUT2D eigenvalue weighted by molar-refractivity contribution is -0.126. The quantitative estimate of drug-likeness (QED) is 0.219. The van der Waals surface area contributed by atoms with Crippen LogP contribution in [0.4, 0.5) is 5.69 Å². The monoisotopic (exact) mass is 535 g/mol. The van der Waals surface area contributed by atoms with Crippen LogP contribution in [0, 0.1) is 5.92 Å². The maximum Gasteiger partial charge on any atom is 0.224 e. The van der Waals surface area contributed by atoms with E-state index in [-0.39, 0.29) is 36.5 Å². The first kappa shape index (κ1) is 29.2. The fraction of sp³-hybridized carbons (Fsp3) is 0.444. The average Bonchev–Trinajstić information content (AvgIpc) is 2.96. The molecule has 0 spiro atoms. The number of aromatic nitrogens is 2. The number of hydrazine groups is 1. The van der Waals surface area contributed by atoms with Gasteiger partial charge in [0.2, 0.25) is 17.7 Å². The van der Waals surface area contributed by atoms with Gasteiger partial charge in [-0.05, 0) is 43.5 Å². The summed E-state index contributed by atoms with van der Waals surface area (Å²) in [6.45, 7) is 4.88. The molecule has 2 aromatic heterocycles. The van der Waals surface area contributed by atoms with Crippen molar-refractivity contribution in [2.75, 3.05) is 18.4 Å². The van der Waals surface area contributed by atoms with Gasteiger partial charge in [0, 0.05) is 38.0 Å². The first-order chi connectivity index (χ1) is 19.0. The number of amides is 3. The number of unbranched alkanes of at least 4 members (excludes halogenated alkanes) is 1. The number of carbonyl (C=O) groups is 3. The van der Waals surface area contributed by atoms with Crippen molar-refractivity contribution in [1.29, 1.82) is 0 Å². The van der Waals surface area contributed by atoms with Gasteiger partial charge in [0.1, 0.15) is 11.4 Å². The predicted molar refractivity (Wildman–Crippen MR) is 150 cm³/mol. The largest absolute Gasteiger partial charge is 0.354 e. The van der Waals surface area contributed by atoms with Crippen molar-refractivity contribution in [3.63, 3.8) is 0 Å². The smallest absolute Gasteiger partial charge is 0.224 e. The van der Waals surface area contributed by atoms with Gasteiger partial charge in [-0.25, -0.2) is 0 Å². The Bertz CT molecular complexity index is 1150. The van der Waals surface area contributed by atoms with Crippen LogP contribution in [0.3, 0.4) is 0 Å². The molecule has 0 unspecified atom stereocenters. The van der Waals surface area contributed by atoms with Gasteiger partial charge in [-0.15, -0.1) is 10.2 Å². The molecule has 0 saturated carbocycles. The Balaban J connectivity index is 1.32. The molecule has 12 heteroatoms. The van der Waals surface area contributed by atoms with Gasteiger partial charge in [-0.2, -0.15) is 0 Å². The summed E-state index contributed by atoms with van der Waals surface area (Å²) in [6.07, 6.45) is 7.84. The molecule has 2 aromatic rings. The minimum absolute atomic E-state index is 0.0281. The number of amidine groups is 2. The van der Waals surface area contributed by atoms with E-state index >= 15 is 0 Å². The lowest BCUT2D eigenvalue weighted by Crippen LogP contribution is -2.45. The maximum absolute atomic E-state index is 12.3. The second-order valence-electron chi connectivity index (χ2n) is 9.08. The van der Waals surface area contributed by atoms with Crippen LogP contribution in [0.2, 0.25) is 0 Å². The van der Waals surface area contributed by atoms with Crippen LogP contribution in [0.15, 0.2) is 52.9 Å². The second-order valence-corrected chi connectivity index (χ2v) is 9.08. The van der Waals surface area contributed by atoms with Crippen molar-refractivity contribution in [3.05, 3.63) is 54.1 Å². The molecule has 0 aromatic carbocycles. The zero-order valence-electron chi connectivity index (χ0n) is 22.5. The molecule has 3 heterocycles. The predicted octanol–water partition coefficient (Wildman–Crippen LogP) is 2.25. The minimum atomic E-state index is -0.207. The molecule has 208 valence electrons. The number of nitrogens with zero attached hydrogens (tertiary/aromatic N) is 4. The molecule has 1 aliphatic rings. The lowest BCUT2D eigenvalue weighted by Gasteiger charge is -2.16. The summed E-state index contributed by atoms with van der Waals surface area (Å²) in [4.78, 5) is 45.0. The van der Waals surface area contributed by atoms with Crippen molar-refractivity contribution in [2.24, 2.45) is 16.1 Å². The zero-order valence-corrected chi connectivity index (χ0v) is 22.5. The second kappa shape index (κ2) is 15.8. The van der Waals surface area contributed by atoms with Crippen LogP contribution in [0.25, 0.3) is 0 Å². The Labute approximate surface area is 228 Å². The molecule has 39 heavy (non-hydrogen) atoms. The fourth-order valence-electron chi connectivity index (χ4n) is 3.83. The van der Waals surface area contributed by atoms with Crippen molar-refractivity contribution >= 4 is 35.1 Å². The molecule has 3 amide bonds. The normalized spacial score (nSPS) is 13.2. The highest BCUT2D eigenvalue weighted by atomic mass is 16.2. The van der Waals surface area contributed by atoms with Crippen molar-refractivity contribution < 1.29 is 14.4 Å². The first-order valence-electron chi connectivity index (χ1n) is 13.4. The molecular weight excluding hydrogens is 498 g/mol. The Kier molecular flexibility index (Phi) is 11.8.